The zero-order chi connectivity index (χ0) is 16.8. The van der Waals surface area contributed by atoms with E-state index in [1.54, 1.807) is 24.3 Å². The van der Waals surface area contributed by atoms with Crippen molar-refractivity contribution in [2.45, 2.75) is 12.5 Å². The molecular formula is C16H15ClN2O4. The number of carbonyl (C=O) groups is 2. The van der Waals surface area contributed by atoms with E-state index in [4.69, 9.17) is 11.6 Å². The topological polar surface area (TPSA) is 88.3 Å². The van der Waals surface area contributed by atoms with Crippen LogP contribution in [0.5, 0.6) is 0 Å². The van der Waals surface area contributed by atoms with Crippen molar-refractivity contribution in [1.82, 2.24) is 10.3 Å². The lowest BCUT2D eigenvalue weighted by atomic mass is 10.0. The van der Waals surface area contributed by atoms with Gasteiger partial charge in [0.25, 0.3) is 5.91 Å². The summed E-state index contributed by atoms with van der Waals surface area (Å²) >= 11 is 5.85. The lowest BCUT2D eigenvalue weighted by Gasteiger charge is -2.18. The molecule has 1 heterocycles. The fourth-order valence-corrected chi connectivity index (χ4v) is 2.12. The number of hydrogen-bond acceptors (Lipinski definition) is 4. The van der Waals surface area contributed by atoms with Gasteiger partial charge >= 0.3 is 5.97 Å². The number of ether oxygens (including phenoxy) is 1. The minimum Gasteiger partial charge on any atom is -0.469 e. The SMILES string of the molecule is COC(=O)C[C@@H](NC(=O)c1ccc(=O)[nH]c1)c1ccc(Cl)cc1. The minimum atomic E-state index is -0.570. The molecule has 2 aromatic rings. The summed E-state index contributed by atoms with van der Waals surface area (Å²) in [5.41, 5.74) is 0.705. The number of H-pyrrole nitrogens is 1. The quantitative estimate of drug-likeness (QED) is 0.819. The fraction of sp³-hybridized carbons (Fsp3) is 0.188. The fourth-order valence-electron chi connectivity index (χ4n) is 1.99. The summed E-state index contributed by atoms with van der Waals surface area (Å²) in [6, 6.07) is 8.89. The Labute approximate surface area is 137 Å². The van der Waals surface area contributed by atoms with E-state index in [-0.39, 0.29) is 17.5 Å². The third-order valence-corrected chi connectivity index (χ3v) is 3.47. The third kappa shape index (κ3) is 4.69. The molecule has 7 heteroatoms. The third-order valence-electron chi connectivity index (χ3n) is 3.22. The van der Waals surface area contributed by atoms with Gasteiger partial charge in [0.1, 0.15) is 0 Å². The molecule has 0 saturated carbocycles. The second kappa shape index (κ2) is 7.60. The lowest BCUT2D eigenvalue weighted by Crippen LogP contribution is -2.30. The summed E-state index contributed by atoms with van der Waals surface area (Å²) in [5.74, 6) is -0.864. The molecule has 0 aliphatic heterocycles. The molecule has 1 aromatic heterocycles. The number of aromatic amines is 1. The Hall–Kier alpha value is -2.60. The van der Waals surface area contributed by atoms with Crippen LogP contribution >= 0.6 is 11.6 Å². The minimum absolute atomic E-state index is 0.0206. The number of esters is 1. The highest BCUT2D eigenvalue weighted by Crippen LogP contribution is 2.20. The first kappa shape index (κ1) is 16.8. The van der Waals surface area contributed by atoms with Crippen LogP contribution in [-0.4, -0.2) is 24.0 Å². The van der Waals surface area contributed by atoms with Crippen molar-refractivity contribution in [3.63, 3.8) is 0 Å². The van der Waals surface area contributed by atoms with Crippen molar-refractivity contribution in [2.75, 3.05) is 7.11 Å². The van der Waals surface area contributed by atoms with Gasteiger partial charge in [-0.1, -0.05) is 23.7 Å². The van der Waals surface area contributed by atoms with Gasteiger partial charge in [-0.05, 0) is 23.8 Å². The van der Waals surface area contributed by atoms with Gasteiger partial charge in [-0.3, -0.25) is 14.4 Å². The molecule has 6 nitrogen and oxygen atoms in total. The van der Waals surface area contributed by atoms with Crippen molar-refractivity contribution in [3.05, 3.63) is 69.1 Å². The molecule has 2 N–H and O–H groups in total. The van der Waals surface area contributed by atoms with Gasteiger partial charge in [-0.2, -0.15) is 0 Å². The second-order valence-corrected chi connectivity index (χ2v) is 5.24. The van der Waals surface area contributed by atoms with Crippen LogP contribution in [0.4, 0.5) is 0 Å². The first-order valence-electron chi connectivity index (χ1n) is 6.81. The normalized spacial score (nSPS) is 11.6. The van der Waals surface area contributed by atoms with Gasteiger partial charge in [-0.25, -0.2) is 0 Å². The summed E-state index contributed by atoms with van der Waals surface area (Å²) in [7, 11) is 1.28. The lowest BCUT2D eigenvalue weighted by molar-refractivity contribution is -0.141. The number of methoxy groups -OCH3 is 1. The van der Waals surface area contributed by atoms with Crippen molar-refractivity contribution in [2.24, 2.45) is 0 Å². The number of benzene rings is 1. The molecule has 0 bridgehead atoms. The van der Waals surface area contributed by atoms with Crippen molar-refractivity contribution in [1.29, 1.82) is 0 Å². The van der Waals surface area contributed by atoms with Crippen molar-refractivity contribution in [3.8, 4) is 0 Å². The second-order valence-electron chi connectivity index (χ2n) is 4.80. The Kier molecular flexibility index (Phi) is 5.54. The summed E-state index contributed by atoms with van der Waals surface area (Å²) in [5, 5.41) is 3.30. The van der Waals surface area contributed by atoms with E-state index in [2.05, 4.69) is 15.0 Å². The van der Waals surface area contributed by atoms with Gasteiger partial charge in [-0.15, -0.1) is 0 Å². The van der Waals surface area contributed by atoms with Gasteiger partial charge < -0.3 is 15.0 Å². The van der Waals surface area contributed by atoms with Gasteiger partial charge in [0.05, 0.1) is 25.1 Å². The maximum absolute atomic E-state index is 12.3. The van der Waals surface area contributed by atoms with Gasteiger partial charge in [0, 0.05) is 17.3 Å². The maximum Gasteiger partial charge on any atom is 0.307 e. The summed E-state index contributed by atoms with van der Waals surface area (Å²) in [6.45, 7) is 0. The summed E-state index contributed by atoms with van der Waals surface area (Å²) in [4.78, 5) is 37.3. The molecule has 0 fully saturated rings. The Morgan fingerprint density at radius 1 is 1.22 bits per heavy atom. The molecule has 1 atom stereocenters. The van der Waals surface area contributed by atoms with Crippen LogP contribution in [0.2, 0.25) is 5.02 Å². The molecule has 0 aliphatic rings. The largest absolute Gasteiger partial charge is 0.469 e. The molecule has 0 unspecified atom stereocenters. The molecule has 120 valence electrons. The van der Waals surface area contributed by atoms with Crippen molar-refractivity contribution >= 4 is 23.5 Å². The standard InChI is InChI=1S/C16H15ClN2O4/c1-23-15(21)8-13(10-2-5-12(17)6-3-10)19-16(22)11-4-7-14(20)18-9-11/h2-7,9,13H,8H2,1H3,(H,18,20)(H,19,22)/t13-/m1/s1. The van der Waals surface area contributed by atoms with Crippen LogP contribution in [0.15, 0.2) is 47.4 Å². The molecule has 0 aliphatic carbocycles. The van der Waals surface area contributed by atoms with Gasteiger partial charge in [0.15, 0.2) is 0 Å². The molecule has 0 radical (unpaired) electrons. The molecule has 0 saturated heterocycles. The molecule has 0 spiro atoms. The Morgan fingerprint density at radius 3 is 2.48 bits per heavy atom. The van der Waals surface area contributed by atoms with E-state index in [0.29, 0.717) is 5.02 Å². The highest BCUT2D eigenvalue weighted by atomic mass is 35.5. The first-order chi connectivity index (χ1) is 11.0. The first-order valence-corrected chi connectivity index (χ1v) is 7.19. The number of pyridine rings is 1. The highest BCUT2D eigenvalue weighted by molar-refractivity contribution is 6.30. The zero-order valence-electron chi connectivity index (χ0n) is 12.3. The van der Waals surface area contributed by atoms with E-state index >= 15 is 0 Å². The summed E-state index contributed by atoms with van der Waals surface area (Å²) < 4.78 is 4.67. The van der Waals surface area contributed by atoms with E-state index in [1.165, 1.54) is 25.4 Å². The molecule has 1 amide bonds. The monoisotopic (exact) mass is 334 g/mol. The predicted octanol–water partition coefficient (Wildman–Crippen LogP) is 2.06. The van der Waals surface area contributed by atoms with Crippen LogP contribution < -0.4 is 10.9 Å². The number of nitrogens with one attached hydrogen (secondary N) is 2. The van der Waals surface area contributed by atoms with E-state index in [9.17, 15) is 14.4 Å². The van der Waals surface area contributed by atoms with Crippen LogP contribution in [0.25, 0.3) is 0 Å². The number of halogens is 1. The molecular weight excluding hydrogens is 320 g/mol. The average molecular weight is 335 g/mol. The number of carbonyl (C=O) groups excluding carboxylic acids is 2. The maximum atomic E-state index is 12.3. The van der Waals surface area contributed by atoms with Crippen LogP contribution in [0, 0.1) is 0 Å². The molecule has 23 heavy (non-hydrogen) atoms. The molecule has 1 aromatic carbocycles. The van der Waals surface area contributed by atoms with Crippen LogP contribution in [0.3, 0.4) is 0 Å². The van der Waals surface area contributed by atoms with E-state index < -0.39 is 17.9 Å². The zero-order valence-corrected chi connectivity index (χ0v) is 13.1. The van der Waals surface area contributed by atoms with Crippen molar-refractivity contribution < 1.29 is 14.3 Å². The average Bonchev–Trinajstić information content (AvgIpc) is 2.55. The number of rotatable bonds is 5. The predicted molar refractivity (Wildman–Crippen MR) is 85.4 cm³/mol. The molecule has 2 rings (SSSR count). The van der Waals surface area contributed by atoms with E-state index in [0.717, 1.165) is 5.56 Å². The number of hydrogen-bond donors (Lipinski definition) is 2. The van der Waals surface area contributed by atoms with Gasteiger partial charge in [0.2, 0.25) is 5.56 Å². The van der Waals surface area contributed by atoms with E-state index in [1.807, 2.05) is 0 Å². The smallest absolute Gasteiger partial charge is 0.307 e. The Balaban J connectivity index is 2.21. The van der Waals surface area contributed by atoms with Crippen LogP contribution in [-0.2, 0) is 9.53 Å². The van der Waals surface area contributed by atoms with Crippen LogP contribution in [0.1, 0.15) is 28.4 Å². The Bertz CT molecular complexity index is 735. The number of amides is 1. The number of aromatic nitrogens is 1. The summed E-state index contributed by atoms with van der Waals surface area (Å²) in [6.07, 6.45) is 1.29. The highest BCUT2D eigenvalue weighted by Gasteiger charge is 2.19. The Morgan fingerprint density at radius 2 is 1.91 bits per heavy atom.